The van der Waals surface area contributed by atoms with E-state index >= 15 is 0 Å². The molecule has 268 valence electrons. The van der Waals surface area contributed by atoms with Crippen LogP contribution < -0.4 is 9.74 Å². The Morgan fingerprint density at radius 2 is 1.42 bits per heavy atom. The van der Waals surface area contributed by atoms with Crippen LogP contribution in [0.2, 0.25) is 18.1 Å². The molecule has 0 aliphatic carbocycles. The number of rotatable bonds is 9. The van der Waals surface area contributed by atoms with E-state index in [9.17, 15) is 28.8 Å². The normalized spacial score (nSPS) is 22.1. The lowest BCUT2D eigenvalue weighted by Gasteiger charge is -2.44. The van der Waals surface area contributed by atoms with Crippen LogP contribution in [0.15, 0.2) is 24.3 Å². The first-order chi connectivity index (χ1) is 23.3. The number of hydrogen-bond donors (Lipinski definition) is 2. The van der Waals surface area contributed by atoms with Gasteiger partial charge in [-0.05, 0) is 48.0 Å². The van der Waals surface area contributed by atoms with Gasteiger partial charge < -0.3 is 33.1 Å². The summed E-state index contributed by atoms with van der Waals surface area (Å²) in [5.41, 5.74) is 2.03. The number of fused-ring (bicyclic) bond motifs is 5. The Labute approximate surface area is 289 Å². The van der Waals surface area contributed by atoms with Crippen molar-refractivity contribution < 1.29 is 56.9 Å². The van der Waals surface area contributed by atoms with Gasteiger partial charge in [0.2, 0.25) is 8.32 Å². The number of benzene rings is 2. The molecular weight excluding hydrogens is 668 g/mol. The van der Waals surface area contributed by atoms with Gasteiger partial charge in [-0.3, -0.25) is 34.1 Å². The van der Waals surface area contributed by atoms with Crippen molar-refractivity contribution in [3.63, 3.8) is 0 Å². The Balaban J connectivity index is 1.67. The van der Waals surface area contributed by atoms with Crippen LogP contribution in [0, 0.1) is 0 Å². The highest BCUT2D eigenvalue weighted by molar-refractivity contribution is 6.74. The number of ether oxygens (including phenoxy) is 5. The standard InChI is InChI=1S/C35H42N2O12Si/c1-16(38)44-15-26-31(46-18(3)40)32(47-19(4)41)30(45-17(2)39)25(48-26)13-20-12-23-28(34(43)37-33(23)42)27-22-14-21(10-11-24(22)36-29(20)27)49-50(8,9)35(5,6)7/h10-12,14,25-26,30-32,36H,13,15H2,1-9H3,(H,37,42,43)/t25-,26+,30-,31+,32+/m0/s1. The molecule has 2 aliphatic heterocycles. The van der Waals surface area contributed by atoms with Gasteiger partial charge in [0, 0.05) is 50.4 Å². The minimum Gasteiger partial charge on any atom is -0.543 e. The Hall–Kier alpha value is -4.76. The zero-order valence-electron chi connectivity index (χ0n) is 29.5. The highest BCUT2D eigenvalue weighted by Gasteiger charge is 2.52. The second kappa shape index (κ2) is 13.5. The Bertz CT molecular complexity index is 1910. The summed E-state index contributed by atoms with van der Waals surface area (Å²) in [4.78, 5) is 78.4. The van der Waals surface area contributed by atoms with E-state index in [1.807, 2.05) is 18.2 Å². The van der Waals surface area contributed by atoms with Gasteiger partial charge in [0.25, 0.3) is 11.8 Å². The van der Waals surface area contributed by atoms with E-state index in [0.717, 1.165) is 13.8 Å². The molecule has 0 spiro atoms. The molecule has 2 aromatic carbocycles. The van der Waals surface area contributed by atoms with Crippen LogP contribution in [0.25, 0.3) is 21.8 Å². The molecule has 3 heterocycles. The number of esters is 4. The van der Waals surface area contributed by atoms with Crippen molar-refractivity contribution >= 4 is 65.8 Å². The van der Waals surface area contributed by atoms with E-state index < -0.39 is 74.5 Å². The SMILES string of the molecule is CC(=O)OC[C@H]1O[C@@H](Cc2cc3c(c4c2[nH]c2ccc(O[Si](C)(C)C(C)(C)C)cc24)C(=O)NC3=O)[C@H](OC(C)=O)[C@@H](OC(C)=O)[C@@H]1OC(C)=O. The number of hydrogen-bond acceptors (Lipinski definition) is 12. The molecule has 1 fully saturated rings. The number of aromatic nitrogens is 1. The molecule has 0 bridgehead atoms. The zero-order valence-corrected chi connectivity index (χ0v) is 30.5. The Kier molecular flexibility index (Phi) is 9.87. The van der Waals surface area contributed by atoms with Crippen molar-refractivity contribution in [1.82, 2.24) is 10.3 Å². The number of carbonyl (C=O) groups is 6. The van der Waals surface area contributed by atoms with E-state index in [1.54, 1.807) is 6.07 Å². The molecule has 2 aliphatic rings. The number of amides is 2. The van der Waals surface area contributed by atoms with Crippen molar-refractivity contribution in [2.45, 2.75) is 104 Å². The molecule has 50 heavy (non-hydrogen) atoms. The maximum absolute atomic E-state index is 13.2. The van der Waals surface area contributed by atoms with Gasteiger partial charge in [-0.1, -0.05) is 20.8 Å². The van der Waals surface area contributed by atoms with Gasteiger partial charge in [0.05, 0.1) is 16.6 Å². The quantitative estimate of drug-likeness (QED) is 0.139. The first-order valence-electron chi connectivity index (χ1n) is 16.2. The molecule has 5 atom stereocenters. The smallest absolute Gasteiger partial charge is 0.303 e. The lowest BCUT2D eigenvalue weighted by atomic mass is 9.89. The molecule has 3 aromatic rings. The molecule has 0 saturated carbocycles. The van der Waals surface area contributed by atoms with Crippen molar-refractivity contribution in [2.75, 3.05) is 6.61 Å². The van der Waals surface area contributed by atoms with Crippen LogP contribution in [0.1, 0.15) is 74.7 Å². The summed E-state index contributed by atoms with van der Waals surface area (Å²) in [6.07, 6.45) is -6.25. The fraction of sp³-hybridized carbons (Fsp3) is 0.486. The van der Waals surface area contributed by atoms with Gasteiger partial charge >= 0.3 is 23.9 Å². The summed E-state index contributed by atoms with van der Waals surface area (Å²) in [6.45, 7) is 14.9. The molecule has 5 rings (SSSR count). The minimum atomic E-state index is -2.24. The number of carbonyl (C=O) groups excluding carboxylic acids is 6. The van der Waals surface area contributed by atoms with Crippen LogP contribution in [0.4, 0.5) is 0 Å². The number of H-pyrrole nitrogens is 1. The van der Waals surface area contributed by atoms with Gasteiger partial charge in [-0.2, -0.15) is 0 Å². The maximum Gasteiger partial charge on any atom is 0.303 e. The lowest BCUT2D eigenvalue weighted by molar-refractivity contribution is -0.252. The van der Waals surface area contributed by atoms with Crippen LogP contribution in [0.5, 0.6) is 5.75 Å². The largest absolute Gasteiger partial charge is 0.543 e. The van der Waals surface area contributed by atoms with Crippen molar-refractivity contribution in [1.29, 1.82) is 0 Å². The second-order valence-electron chi connectivity index (χ2n) is 14.1. The molecule has 1 saturated heterocycles. The molecule has 0 unspecified atom stereocenters. The molecule has 2 N–H and O–H groups in total. The predicted molar refractivity (Wildman–Crippen MR) is 181 cm³/mol. The number of nitrogens with one attached hydrogen (secondary N) is 2. The molecule has 1 aromatic heterocycles. The van der Waals surface area contributed by atoms with E-state index in [2.05, 4.69) is 44.2 Å². The molecule has 14 nitrogen and oxygen atoms in total. The average Bonchev–Trinajstić information content (AvgIpc) is 3.49. The Morgan fingerprint density at radius 1 is 0.820 bits per heavy atom. The summed E-state index contributed by atoms with van der Waals surface area (Å²) in [7, 11) is -2.24. The molecular formula is C35H42N2O12Si. The summed E-state index contributed by atoms with van der Waals surface area (Å²) >= 11 is 0. The number of imide groups is 1. The topological polar surface area (TPSA) is 186 Å². The Morgan fingerprint density at radius 3 is 2.00 bits per heavy atom. The summed E-state index contributed by atoms with van der Waals surface area (Å²) < 4.78 is 34.9. The first-order valence-corrected chi connectivity index (χ1v) is 19.1. The summed E-state index contributed by atoms with van der Waals surface area (Å²) in [6, 6.07) is 7.11. The third-order valence-corrected chi connectivity index (χ3v) is 13.7. The molecule has 2 amide bonds. The van der Waals surface area contributed by atoms with Crippen LogP contribution in [0.3, 0.4) is 0 Å². The maximum atomic E-state index is 13.2. The molecule has 15 heteroatoms. The highest BCUT2D eigenvalue weighted by Crippen LogP contribution is 2.41. The first kappa shape index (κ1) is 36.5. The van der Waals surface area contributed by atoms with E-state index in [4.69, 9.17) is 28.1 Å². The third kappa shape index (κ3) is 7.24. The van der Waals surface area contributed by atoms with Crippen molar-refractivity contribution in [2.24, 2.45) is 0 Å². The van der Waals surface area contributed by atoms with Crippen LogP contribution in [-0.4, -0.2) is 86.1 Å². The van der Waals surface area contributed by atoms with Gasteiger partial charge in [0.15, 0.2) is 18.3 Å². The van der Waals surface area contributed by atoms with Gasteiger partial charge in [0.1, 0.15) is 24.6 Å². The molecule has 0 radical (unpaired) electrons. The fourth-order valence-corrected chi connectivity index (χ4v) is 7.17. The van der Waals surface area contributed by atoms with Gasteiger partial charge in [-0.25, -0.2) is 0 Å². The van der Waals surface area contributed by atoms with E-state index in [1.165, 1.54) is 13.8 Å². The van der Waals surface area contributed by atoms with Gasteiger partial charge in [-0.15, -0.1) is 0 Å². The summed E-state index contributed by atoms with van der Waals surface area (Å²) in [5, 5.41) is 3.45. The highest BCUT2D eigenvalue weighted by atomic mass is 28.4. The third-order valence-electron chi connectivity index (χ3n) is 9.32. The number of aromatic amines is 1. The van der Waals surface area contributed by atoms with E-state index in [-0.39, 0.29) is 29.2 Å². The van der Waals surface area contributed by atoms with Crippen LogP contribution >= 0.6 is 0 Å². The monoisotopic (exact) mass is 710 g/mol. The second-order valence-corrected chi connectivity index (χ2v) is 18.9. The van der Waals surface area contributed by atoms with Crippen LogP contribution in [-0.2, 0) is 49.3 Å². The van der Waals surface area contributed by atoms with Crippen molar-refractivity contribution in [3.05, 3.63) is 41.0 Å². The zero-order chi connectivity index (χ0) is 36.9. The fourth-order valence-electron chi connectivity index (χ4n) is 6.14. The lowest BCUT2D eigenvalue weighted by Crippen LogP contribution is -2.62. The summed E-state index contributed by atoms with van der Waals surface area (Å²) in [5.74, 6) is -3.38. The van der Waals surface area contributed by atoms with E-state index in [0.29, 0.717) is 33.1 Å². The average molecular weight is 711 g/mol. The predicted octanol–water partition coefficient (Wildman–Crippen LogP) is 4.26. The van der Waals surface area contributed by atoms with Crippen molar-refractivity contribution in [3.8, 4) is 5.75 Å². The minimum absolute atomic E-state index is 0.0511.